The fraction of sp³-hybridized carbons (Fsp3) is 0.240. The Balaban J connectivity index is 1.70. The maximum absolute atomic E-state index is 13.5. The van der Waals surface area contributed by atoms with Gasteiger partial charge < -0.3 is 4.84 Å². The van der Waals surface area contributed by atoms with Crippen molar-refractivity contribution in [1.29, 1.82) is 0 Å². The molecule has 28 heavy (non-hydrogen) atoms. The van der Waals surface area contributed by atoms with Crippen LogP contribution in [0.2, 0.25) is 0 Å². The summed E-state index contributed by atoms with van der Waals surface area (Å²) in [5.74, 6) is -0.151. The molecule has 3 aromatic carbocycles. The Morgan fingerprint density at radius 1 is 0.893 bits per heavy atom. The maximum atomic E-state index is 13.5. The van der Waals surface area contributed by atoms with E-state index < -0.39 is 5.60 Å². The topological polar surface area (TPSA) is 21.6 Å². The van der Waals surface area contributed by atoms with Gasteiger partial charge in [-0.15, -0.1) is 0 Å². The number of rotatable bonds is 4. The predicted molar refractivity (Wildman–Crippen MR) is 110 cm³/mol. The normalized spacial score (nSPS) is 18.5. The van der Waals surface area contributed by atoms with Crippen molar-refractivity contribution < 1.29 is 9.23 Å². The third kappa shape index (κ3) is 2.35. The largest absolute Gasteiger partial charge is 0.378 e. The van der Waals surface area contributed by atoms with Crippen molar-refractivity contribution in [3.8, 4) is 11.1 Å². The Morgan fingerprint density at radius 2 is 1.50 bits per heavy atom. The Morgan fingerprint density at radius 3 is 2.11 bits per heavy atom. The van der Waals surface area contributed by atoms with Crippen LogP contribution >= 0.6 is 0 Å². The molecule has 0 saturated carbocycles. The van der Waals surface area contributed by atoms with E-state index in [1.807, 2.05) is 12.1 Å². The summed E-state index contributed by atoms with van der Waals surface area (Å²) in [6.07, 6.45) is 3.16. The molecule has 3 heteroatoms. The number of halogens is 1. The molecular formula is C25H22FNO. The van der Waals surface area contributed by atoms with Crippen LogP contribution in [-0.2, 0) is 10.4 Å². The van der Waals surface area contributed by atoms with Crippen LogP contribution in [0.3, 0.4) is 0 Å². The summed E-state index contributed by atoms with van der Waals surface area (Å²) >= 11 is 0. The Bertz CT molecular complexity index is 1010. The van der Waals surface area contributed by atoms with E-state index in [9.17, 15) is 4.39 Å². The van der Waals surface area contributed by atoms with E-state index in [4.69, 9.17) is 4.84 Å². The van der Waals surface area contributed by atoms with Crippen molar-refractivity contribution in [2.45, 2.75) is 31.8 Å². The van der Waals surface area contributed by atoms with Crippen LogP contribution in [0.4, 0.5) is 4.39 Å². The van der Waals surface area contributed by atoms with Gasteiger partial charge in [0, 0.05) is 11.1 Å². The molecule has 0 bridgehead atoms. The molecule has 2 aliphatic rings. The van der Waals surface area contributed by atoms with Gasteiger partial charge in [-0.1, -0.05) is 85.6 Å². The number of unbranched alkanes of at least 4 members (excludes halogenated alkanes) is 1. The summed E-state index contributed by atoms with van der Waals surface area (Å²) in [5, 5.41) is 4.60. The SMILES string of the molecule is CCCCC1C(c2ccc(F)cc2)=NOC12c1ccccc1-c1ccccc12. The minimum absolute atomic E-state index is 0.0858. The predicted octanol–water partition coefficient (Wildman–Crippen LogP) is 6.29. The van der Waals surface area contributed by atoms with Crippen molar-refractivity contribution in [1.82, 2.24) is 0 Å². The first-order valence-corrected chi connectivity index (χ1v) is 9.97. The maximum Gasteiger partial charge on any atom is 0.197 e. The molecular weight excluding hydrogens is 349 g/mol. The van der Waals surface area contributed by atoms with Gasteiger partial charge in [0.05, 0.1) is 11.6 Å². The molecule has 1 aliphatic carbocycles. The lowest BCUT2D eigenvalue weighted by Gasteiger charge is -2.31. The fourth-order valence-corrected chi connectivity index (χ4v) is 4.77. The van der Waals surface area contributed by atoms with E-state index in [1.54, 1.807) is 0 Å². The average Bonchev–Trinajstić information content (AvgIpc) is 3.25. The highest BCUT2D eigenvalue weighted by atomic mass is 19.1. The summed E-state index contributed by atoms with van der Waals surface area (Å²) < 4.78 is 13.5. The van der Waals surface area contributed by atoms with Crippen LogP contribution in [0.1, 0.15) is 42.9 Å². The third-order valence-corrected chi connectivity index (χ3v) is 6.04. The zero-order valence-electron chi connectivity index (χ0n) is 15.9. The number of nitrogens with zero attached hydrogens (tertiary/aromatic N) is 1. The fourth-order valence-electron chi connectivity index (χ4n) is 4.77. The number of benzene rings is 3. The van der Waals surface area contributed by atoms with Crippen LogP contribution in [0.5, 0.6) is 0 Å². The highest BCUT2D eigenvalue weighted by molar-refractivity contribution is 6.05. The summed E-state index contributed by atoms with van der Waals surface area (Å²) in [5.41, 5.74) is 6.04. The summed E-state index contributed by atoms with van der Waals surface area (Å²) in [6.45, 7) is 2.20. The molecule has 2 nitrogen and oxygen atoms in total. The molecule has 1 atom stereocenters. The summed E-state index contributed by atoms with van der Waals surface area (Å²) in [7, 11) is 0. The molecule has 0 radical (unpaired) electrons. The summed E-state index contributed by atoms with van der Waals surface area (Å²) in [4.78, 5) is 6.36. The van der Waals surface area contributed by atoms with E-state index in [0.717, 1.165) is 30.5 Å². The molecule has 1 aliphatic heterocycles. The lowest BCUT2D eigenvalue weighted by molar-refractivity contribution is -0.0144. The lowest BCUT2D eigenvalue weighted by Crippen LogP contribution is -2.36. The monoisotopic (exact) mass is 371 g/mol. The zero-order valence-corrected chi connectivity index (χ0v) is 15.9. The second-order valence-electron chi connectivity index (χ2n) is 7.60. The van der Waals surface area contributed by atoms with E-state index in [0.29, 0.717) is 0 Å². The van der Waals surface area contributed by atoms with Crippen molar-refractivity contribution in [2.75, 3.05) is 0 Å². The Kier molecular flexibility index (Phi) is 4.04. The van der Waals surface area contributed by atoms with Gasteiger partial charge in [0.25, 0.3) is 0 Å². The van der Waals surface area contributed by atoms with E-state index in [-0.39, 0.29) is 11.7 Å². The second-order valence-corrected chi connectivity index (χ2v) is 7.60. The first kappa shape index (κ1) is 17.2. The van der Waals surface area contributed by atoms with E-state index in [1.165, 1.54) is 34.4 Å². The molecule has 0 fully saturated rings. The van der Waals surface area contributed by atoms with Crippen LogP contribution in [0, 0.1) is 11.7 Å². The third-order valence-electron chi connectivity index (χ3n) is 6.04. The molecule has 0 saturated heterocycles. The zero-order chi connectivity index (χ0) is 19.1. The molecule has 0 amide bonds. The van der Waals surface area contributed by atoms with Crippen LogP contribution in [0.15, 0.2) is 78.0 Å². The second kappa shape index (κ2) is 6.59. The number of fused-ring (bicyclic) bond motifs is 5. The van der Waals surface area contributed by atoms with Crippen molar-refractivity contribution in [2.24, 2.45) is 11.1 Å². The molecule has 1 heterocycles. The highest BCUT2D eigenvalue weighted by Gasteiger charge is 2.56. The molecule has 0 aromatic heterocycles. The highest BCUT2D eigenvalue weighted by Crippen LogP contribution is 2.57. The van der Waals surface area contributed by atoms with Gasteiger partial charge in [-0.05, 0) is 35.2 Å². The van der Waals surface area contributed by atoms with E-state index in [2.05, 4.69) is 60.6 Å². The first-order chi connectivity index (χ1) is 13.8. The minimum Gasteiger partial charge on any atom is -0.378 e. The quantitative estimate of drug-likeness (QED) is 0.528. The van der Waals surface area contributed by atoms with Crippen LogP contribution in [0.25, 0.3) is 11.1 Å². The van der Waals surface area contributed by atoms with Gasteiger partial charge in [-0.3, -0.25) is 0 Å². The number of hydrogen-bond acceptors (Lipinski definition) is 2. The van der Waals surface area contributed by atoms with Crippen LogP contribution in [-0.4, -0.2) is 5.71 Å². The van der Waals surface area contributed by atoms with Crippen LogP contribution < -0.4 is 0 Å². The Labute approximate surface area is 164 Å². The number of oxime groups is 1. The molecule has 5 rings (SSSR count). The number of hydrogen-bond donors (Lipinski definition) is 0. The van der Waals surface area contributed by atoms with Crippen molar-refractivity contribution in [3.63, 3.8) is 0 Å². The van der Waals surface area contributed by atoms with Gasteiger partial charge in [0.2, 0.25) is 0 Å². The molecule has 1 spiro atoms. The molecule has 1 unspecified atom stereocenters. The van der Waals surface area contributed by atoms with Gasteiger partial charge in [0.1, 0.15) is 5.82 Å². The summed E-state index contributed by atoms with van der Waals surface area (Å²) in [6, 6.07) is 23.6. The Hall–Kier alpha value is -2.94. The van der Waals surface area contributed by atoms with Gasteiger partial charge in [0.15, 0.2) is 5.60 Å². The first-order valence-electron chi connectivity index (χ1n) is 9.97. The van der Waals surface area contributed by atoms with Gasteiger partial charge in [-0.2, -0.15) is 0 Å². The molecule has 140 valence electrons. The minimum atomic E-state index is -0.605. The average molecular weight is 371 g/mol. The van der Waals surface area contributed by atoms with Crippen molar-refractivity contribution >= 4 is 5.71 Å². The van der Waals surface area contributed by atoms with Gasteiger partial charge in [-0.25, -0.2) is 4.39 Å². The smallest absolute Gasteiger partial charge is 0.197 e. The van der Waals surface area contributed by atoms with Gasteiger partial charge >= 0.3 is 0 Å². The molecule has 3 aromatic rings. The molecule has 0 N–H and O–H groups in total. The van der Waals surface area contributed by atoms with E-state index >= 15 is 0 Å². The standard InChI is InChI=1S/C25H22FNO/c1-2-3-10-23-24(17-13-15-18(26)16-14-17)27-28-25(23)21-11-6-4-8-19(21)20-9-5-7-12-22(20)25/h4-9,11-16,23H,2-3,10H2,1H3. The lowest BCUT2D eigenvalue weighted by atomic mass is 9.73. The van der Waals surface area contributed by atoms with Crippen molar-refractivity contribution in [3.05, 3.63) is 95.3 Å².